The zero-order valence-corrected chi connectivity index (χ0v) is 11.6. The number of ether oxygens (including phenoxy) is 1. The maximum absolute atomic E-state index is 5.65. The minimum absolute atomic E-state index is 0.451. The zero-order valence-electron chi connectivity index (χ0n) is 11.6. The maximum atomic E-state index is 5.65. The first kappa shape index (κ1) is 13.3. The predicted molar refractivity (Wildman–Crippen MR) is 71.3 cm³/mol. The van der Waals surface area contributed by atoms with Gasteiger partial charge in [0.05, 0.1) is 6.10 Å². The largest absolute Gasteiger partial charge is 0.378 e. The molecule has 2 saturated heterocycles. The highest BCUT2D eigenvalue weighted by molar-refractivity contribution is 4.85. The van der Waals surface area contributed by atoms with Gasteiger partial charge in [0.2, 0.25) is 0 Å². The van der Waals surface area contributed by atoms with Crippen LogP contribution in [0.3, 0.4) is 0 Å². The molecule has 2 aliphatic heterocycles. The Bertz CT molecular complexity index is 232. The van der Waals surface area contributed by atoms with Crippen LogP contribution in [0.4, 0.5) is 0 Å². The quantitative estimate of drug-likeness (QED) is 0.815. The van der Waals surface area contributed by atoms with Crippen molar-refractivity contribution in [1.29, 1.82) is 0 Å². The number of hydrogen-bond acceptors (Lipinski definition) is 3. The van der Waals surface area contributed by atoms with Crippen LogP contribution < -0.4 is 5.32 Å². The summed E-state index contributed by atoms with van der Waals surface area (Å²) in [5, 5.41) is 3.66. The van der Waals surface area contributed by atoms with Gasteiger partial charge in [-0.3, -0.25) is 4.90 Å². The summed E-state index contributed by atoms with van der Waals surface area (Å²) in [7, 11) is 0. The smallest absolute Gasteiger partial charge is 0.0561 e. The van der Waals surface area contributed by atoms with Crippen LogP contribution in [-0.2, 0) is 4.74 Å². The number of piperazine rings is 1. The third-order valence-electron chi connectivity index (χ3n) is 4.02. The zero-order chi connectivity index (χ0) is 12.3. The lowest BCUT2D eigenvalue weighted by Crippen LogP contribution is -2.55. The molecule has 2 aliphatic rings. The first-order valence-electron chi connectivity index (χ1n) is 7.24. The first-order valence-corrected chi connectivity index (χ1v) is 7.24. The van der Waals surface area contributed by atoms with E-state index >= 15 is 0 Å². The molecule has 3 nitrogen and oxygen atoms in total. The summed E-state index contributed by atoms with van der Waals surface area (Å²) in [5.74, 6) is 0.793. The van der Waals surface area contributed by atoms with Gasteiger partial charge in [0, 0.05) is 38.3 Å². The van der Waals surface area contributed by atoms with Crippen molar-refractivity contribution < 1.29 is 4.74 Å². The SMILES string of the molecule is CC(C)CC1CN(C2CCOC(C)C2)CCN1. The topological polar surface area (TPSA) is 24.5 Å². The van der Waals surface area contributed by atoms with Crippen molar-refractivity contribution in [1.82, 2.24) is 10.2 Å². The number of rotatable bonds is 3. The van der Waals surface area contributed by atoms with Gasteiger partial charge in [-0.1, -0.05) is 13.8 Å². The lowest BCUT2D eigenvalue weighted by atomic mass is 9.97. The van der Waals surface area contributed by atoms with Gasteiger partial charge in [-0.05, 0) is 32.1 Å². The van der Waals surface area contributed by atoms with Crippen molar-refractivity contribution in [2.24, 2.45) is 5.92 Å². The van der Waals surface area contributed by atoms with E-state index in [4.69, 9.17) is 4.74 Å². The Labute approximate surface area is 106 Å². The van der Waals surface area contributed by atoms with E-state index in [1.807, 2.05) is 0 Å². The number of nitrogens with zero attached hydrogens (tertiary/aromatic N) is 1. The molecule has 0 aromatic heterocycles. The number of nitrogens with one attached hydrogen (secondary N) is 1. The van der Waals surface area contributed by atoms with Crippen LogP contribution in [-0.4, -0.2) is 49.3 Å². The van der Waals surface area contributed by atoms with Crippen molar-refractivity contribution in [3.63, 3.8) is 0 Å². The van der Waals surface area contributed by atoms with Crippen LogP contribution in [0.5, 0.6) is 0 Å². The van der Waals surface area contributed by atoms with Crippen molar-refractivity contribution in [2.45, 2.75) is 58.2 Å². The molecule has 2 fully saturated rings. The molecule has 0 aliphatic carbocycles. The molecule has 3 atom stereocenters. The van der Waals surface area contributed by atoms with Crippen LogP contribution in [0.25, 0.3) is 0 Å². The molecule has 17 heavy (non-hydrogen) atoms. The molecule has 0 amide bonds. The second kappa shape index (κ2) is 6.17. The Hall–Kier alpha value is -0.120. The molecule has 3 heteroatoms. The van der Waals surface area contributed by atoms with Gasteiger partial charge in [0.1, 0.15) is 0 Å². The molecule has 0 aromatic rings. The minimum Gasteiger partial charge on any atom is -0.378 e. The van der Waals surface area contributed by atoms with Crippen LogP contribution in [0.15, 0.2) is 0 Å². The normalized spacial score (nSPS) is 36.4. The van der Waals surface area contributed by atoms with Gasteiger partial charge in [0.25, 0.3) is 0 Å². The Morgan fingerprint density at radius 1 is 1.41 bits per heavy atom. The molecule has 0 bridgehead atoms. The van der Waals surface area contributed by atoms with Crippen molar-refractivity contribution in [3.05, 3.63) is 0 Å². The van der Waals surface area contributed by atoms with E-state index in [0.29, 0.717) is 12.1 Å². The van der Waals surface area contributed by atoms with E-state index in [1.165, 1.54) is 32.4 Å². The van der Waals surface area contributed by atoms with E-state index in [-0.39, 0.29) is 0 Å². The highest BCUT2D eigenvalue weighted by Crippen LogP contribution is 2.21. The average Bonchev–Trinajstić information content (AvgIpc) is 2.28. The molecule has 1 N–H and O–H groups in total. The van der Waals surface area contributed by atoms with Crippen molar-refractivity contribution in [2.75, 3.05) is 26.2 Å². The third-order valence-corrected chi connectivity index (χ3v) is 4.02. The van der Waals surface area contributed by atoms with Gasteiger partial charge in [-0.15, -0.1) is 0 Å². The molecule has 2 heterocycles. The van der Waals surface area contributed by atoms with Crippen LogP contribution in [0, 0.1) is 5.92 Å². The molecular weight excluding hydrogens is 212 g/mol. The van der Waals surface area contributed by atoms with Gasteiger partial charge in [0.15, 0.2) is 0 Å². The van der Waals surface area contributed by atoms with E-state index in [1.54, 1.807) is 0 Å². The van der Waals surface area contributed by atoms with Crippen LogP contribution in [0.1, 0.15) is 40.0 Å². The van der Waals surface area contributed by atoms with Gasteiger partial charge in [-0.25, -0.2) is 0 Å². The third kappa shape index (κ3) is 3.94. The summed E-state index contributed by atoms with van der Waals surface area (Å²) >= 11 is 0. The van der Waals surface area contributed by atoms with Crippen LogP contribution in [0.2, 0.25) is 0 Å². The lowest BCUT2D eigenvalue weighted by Gasteiger charge is -2.42. The molecular formula is C14H28N2O. The molecule has 100 valence electrons. The Morgan fingerprint density at radius 3 is 2.94 bits per heavy atom. The Balaban J connectivity index is 1.83. The fraction of sp³-hybridized carbons (Fsp3) is 1.00. The summed E-state index contributed by atoms with van der Waals surface area (Å²) in [6.45, 7) is 11.4. The molecule has 0 spiro atoms. The minimum atomic E-state index is 0.451. The standard InChI is InChI=1S/C14H28N2O/c1-11(2)8-13-10-16(6-5-15-13)14-4-7-17-12(3)9-14/h11-15H,4-10H2,1-3H3. The van der Waals surface area contributed by atoms with Gasteiger partial charge in [-0.2, -0.15) is 0 Å². The summed E-state index contributed by atoms with van der Waals surface area (Å²) in [6.07, 6.45) is 4.19. The van der Waals surface area contributed by atoms with Crippen molar-refractivity contribution >= 4 is 0 Å². The molecule has 3 unspecified atom stereocenters. The summed E-state index contributed by atoms with van der Waals surface area (Å²) in [5.41, 5.74) is 0. The van der Waals surface area contributed by atoms with E-state index in [2.05, 4.69) is 31.0 Å². The van der Waals surface area contributed by atoms with E-state index in [9.17, 15) is 0 Å². The fourth-order valence-corrected chi connectivity index (χ4v) is 3.22. The Kier molecular flexibility index (Phi) is 4.83. The van der Waals surface area contributed by atoms with Gasteiger partial charge >= 0.3 is 0 Å². The highest BCUT2D eigenvalue weighted by Gasteiger charge is 2.29. The van der Waals surface area contributed by atoms with E-state index < -0.39 is 0 Å². The average molecular weight is 240 g/mol. The fourth-order valence-electron chi connectivity index (χ4n) is 3.22. The van der Waals surface area contributed by atoms with Crippen molar-refractivity contribution in [3.8, 4) is 0 Å². The van der Waals surface area contributed by atoms with Gasteiger partial charge < -0.3 is 10.1 Å². The second-order valence-electron chi connectivity index (χ2n) is 6.14. The molecule has 0 saturated carbocycles. The van der Waals surface area contributed by atoms with Crippen LogP contribution >= 0.6 is 0 Å². The summed E-state index contributed by atoms with van der Waals surface area (Å²) < 4.78 is 5.65. The summed E-state index contributed by atoms with van der Waals surface area (Å²) in [6, 6.07) is 1.46. The lowest BCUT2D eigenvalue weighted by molar-refractivity contribution is -0.0240. The predicted octanol–water partition coefficient (Wildman–Crippen LogP) is 1.87. The van der Waals surface area contributed by atoms with E-state index in [0.717, 1.165) is 25.1 Å². The molecule has 0 radical (unpaired) electrons. The summed E-state index contributed by atoms with van der Waals surface area (Å²) in [4.78, 5) is 2.70. The molecule has 2 rings (SSSR count). The maximum Gasteiger partial charge on any atom is 0.0561 e. The second-order valence-corrected chi connectivity index (χ2v) is 6.14. The number of hydrogen-bond donors (Lipinski definition) is 1. The Morgan fingerprint density at radius 2 is 2.24 bits per heavy atom. The first-order chi connectivity index (χ1) is 8.15. The monoisotopic (exact) mass is 240 g/mol. The highest BCUT2D eigenvalue weighted by atomic mass is 16.5. The molecule has 0 aromatic carbocycles.